The standard InChI is InChI=1S/C19H17N3OS/c23-19(21-18-20-16-8-4-5-9-17(16)24-18)22-12-10-15(11-13-22)14-6-2-1-3-7-14/h1-10H,11-13H2,(H,20,21,23). The number of aromatic nitrogens is 1. The molecule has 3 aromatic rings. The fraction of sp³-hybridized carbons (Fsp3) is 0.158. The number of amides is 2. The molecular weight excluding hydrogens is 318 g/mol. The normalized spacial score (nSPS) is 14.5. The number of para-hydroxylation sites is 1. The molecule has 1 aliphatic heterocycles. The van der Waals surface area contributed by atoms with E-state index in [-0.39, 0.29) is 6.03 Å². The zero-order valence-corrected chi connectivity index (χ0v) is 13.9. The Labute approximate surface area is 144 Å². The molecule has 4 rings (SSSR count). The van der Waals surface area contributed by atoms with Gasteiger partial charge in [0.15, 0.2) is 5.13 Å². The van der Waals surface area contributed by atoms with Gasteiger partial charge in [-0.1, -0.05) is 59.9 Å². The molecular formula is C19H17N3OS. The summed E-state index contributed by atoms with van der Waals surface area (Å²) in [5.74, 6) is 0. The van der Waals surface area contributed by atoms with Crippen LogP contribution in [0.2, 0.25) is 0 Å². The third kappa shape index (κ3) is 3.03. The molecule has 0 unspecified atom stereocenters. The Morgan fingerprint density at radius 3 is 2.62 bits per heavy atom. The number of hydrogen-bond donors (Lipinski definition) is 1. The molecule has 5 heteroatoms. The van der Waals surface area contributed by atoms with Crippen molar-refractivity contribution >= 4 is 38.3 Å². The average molecular weight is 335 g/mol. The Hall–Kier alpha value is -2.66. The molecule has 0 saturated carbocycles. The molecule has 0 saturated heterocycles. The molecule has 0 radical (unpaired) electrons. The van der Waals surface area contributed by atoms with Crippen molar-refractivity contribution in [3.63, 3.8) is 0 Å². The molecule has 0 bridgehead atoms. The summed E-state index contributed by atoms with van der Waals surface area (Å²) in [6.45, 7) is 1.35. The van der Waals surface area contributed by atoms with Crippen LogP contribution in [0.1, 0.15) is 12.0 Å². The van der Waals surface area contributed by atoms with Crippen LogP contribution in [0.25, 0.3) is 15.8 Å². The zero-order valence-electron chi connectivity index (χ0n) is 13.1. The maximum absolute atomic E-state index is 12.4. The summed E-state index contributed by atoms with van der Waals surface area (Å²) in [6.07, 6.45) is 3.01. The third-order valence-corrected chi connectivity index (χ3v) is 5.10. The predicted molar refractivity (Wildman–Crippen MR) is 99.2 cm³/mol. The van der Waals surface area contributed by atoms with E-state index in [4.69, 9.17) is 0 Å². The van der Waals surface area contributed by atoms with Gasteiger partial charge in [0.05, 0.1) is 10.2 Å². The lowest BCUT2D eigenvalue weighted by Crippen LogP contribution is -2.37. The average Bonchev–Trinajstić information content (AvgIpc) is 3.05. The van der Waals surface area contributed by atoms with E-state index in [0.717, 1.165) is 23.2 Å². The van der Waals surface area contributed by atoms with Crippen LogP contribution >= 0.6 is 11.3 Å². The molecule has 1 aromatic heterocycles. The number of rotatable bonds is 2. The number of thiazole rings is 1. The summed E-state index contributed by atoms with van der Waals surface area (Å²) >= 11 is 1.50. The van der Waals surface area contributed by atoms with Crippen LogP contribution in [-0.4, -0.2) is 29.0 Å². The summed E-state index contributed by atoms with van der Waals surface area (Å²) in [6, 6.07) is 18.1. The number of hydrogen-bond acceptors (Lipinski definition) is 3. The molecule has 1 aliphatic rings. The molecule has 0 aliphatic carbocycles. The number of anilines is 1. The smallest absolute Gasteiger partial charge is 0.320 e. The number of nitrogens with one attached hydrogen (secondary N) is 1. The molecule has 2 aromatic carbocycles. The Morgan fingerprint density at radius 1 is 1.08 bits per heavy atom. The lowest BCUT2D eigenvalue weighted by Gasteiger charge is -2.26. The second-order valence-corrected chi connectivity index (χ2v) is 6.74. The summed E-state index contributed by atoms with van der Waals surface area (Å²) in [4.78, 5) is 18.7. The molecule has 0 fully saturated rings. The highest BCUT2D eigenvalue weighted by Crippen LogP contribution is 2.26. The van der Waals surface area contributed by atoms with E-state index in [9.17, 15) is 4.79 Å². The van der Waals surface area contributed by atoms with Crippen LogP contribution < -0.4 is 5.32 Å². The van der Waals surface area contributed by atoms with E-state index in [2.05, 4.69) is 28.5 Å². The van der Waals surface area contributed by atoms with Crippen molar-refractivity contribution in [1.82, 2.24) is 9.88 Å². The number of carbonyl (C=O) groups is 1. The molecule has 2 heterocycles. The molecule has 1 N–H and O–H groups in total. The molecule has 2 amide bonds. The first kappa shape index (κ1) is 14.9. The minimum absolute atomic E-state index is 0.0857. The van der Waals surface area contributed by atoms with Gasteiger partial charge in [-0.2, -0.15) is 0 Å². The van der Waals surface area contributed by atoms with E-state index in [0.29, 0.717) is 11.7 Å². The highest BCUT2D eigenvalue weighted by Gasteiger charge is 2.19. The quantitative estimate of drug-likeness (QED) is 0.743. The monoisotopic (exact) mass is 335 g/mol. The van der Waals surface area contributed by atoms with Gasteiger partial charge in [0, 0.05) is 13.1 Å². The zero-order chi connectivity index (χ0) is 16.4. The molecule has 120 valence electrons. The number of urea groups is 1. The fourth-order valence-corrected chi connectivity index (χ4v) is 3.72. The Balaban J connectivity index is 1.43. The first-order valence-electron chi connectivity index (χ1n) is 7.95. The van der Waals surface area contributed by atoms with Gasteiger partial charge in [-0.25, -0.2) is 9.78 Å². The van der Waals surface area contributed by atoms with E-state index >= 15 is 0 Å². The van der Waals surface area contributed by atoms with Gasteiger partial charge in [-0.05, 0) is 29.7 Å². The van der Waals surface area contributed by atoms with Crippen LogP contribution in [0.5, 0.6) is 0 Å². The fourth-order valence-electron chi connectivity index (χ4n) is 2.86. The Bertz CT molecular complexity index is 868. The van der Waals surface area contributed by atoms with Gasteiger partial charge in [-0.15, -0.1) is 0 Å². The number of fused-ring (bicyclic) bond motifs is 1. The number of nitrogens with zero attached hydrogens (tertiary/aromatic N) is 2. The molecule has 4 nitrogen and oxygen atoms in total. The molecule has 24 heavy (non-hydrogen) atoms. The van der Waals surface area contributed by atoms with Crippen LogP contribution in [-0.2, 0) is 0 Å². The van der Waals surface area contributed by atoms with Gasteiger partial charge in [0.2, 0.25) is 0 Å². The summed E-state index contributed by atoms with van der Waals surface area (Å²) in [5.41, 5.74) is 3.46. The maximum Gasteiger partial charge on any atom is 0.323 e. The van der Waals surface area contributed by atoms with Crippen LogP contribution in [0, 0.1) is 0 Å². The van der Waals surface area contributed by atoms with Crippen LogP contribution in [0.3, 0.4) is 0 Å². The van der Waals surface area contributed by atoms with Crippen molar-refractivity contribution in [2.75, 3.05) is 18.4 Å². The van der Waals surface area contributed by atoms with Crippen molar-refractivity contribution in [1.29, 1.82) is 0 Å². The molecule has 0 spiro atoms. The first-order chi connectivity index (χ1) is 11.8. The van der Waals surface area contributed by atoms with Gasteiger partial charge < -0.3 is 4.90 Å². The van der Waals surface area contributed by atoms with Crippen molar-refractivity contribution < 1.29 is 4.79 Å². The Kier molecular flexibility index (Phi) is 4.01. The van der Waals surface area contributed by atoms with Crippen molar-refractivity contribution in [2.24, 2.45) is 0 Å². The summed E-state index contributed by atoms with van der Waals surface area (Å²) in [5, 5.41) is 3.57. The van der Waals surface area contributed by atoms with Gasteiger partial charge in [-0.3, -0.25) is 5.32 Å². The molecule has 0 atom stereocenters. The van der Waals surface area contributed by atoms with Crippen molar-refractivity contribution in [3.05, 3.63) is 66.2 Å². The lowest BCUT2D eigenvalue weighted by atomic mass is 10.00. The van der Waals surface area contributed by atoms with Crippen LogP contribution in [0.4, 0.5) is 9.93 Å². The van der Waals surface area contributed by atoms with Crippen molar-refractivity contribution in [2.45, 2.75) is 6.42 Å². The van der Waals surface area contributed by atoms with Gasteiger partial charge in [0.25, 0.3) is 0 Å². The third-order valence-electron chi connectivity index (χ3n) is 4.15. The first-order valence-corrected chi connectivity index (χ1v) is 8.77. The van der Waals surface area contributed by atoms with E-state index < -0.39 is 0 Å². The van der Waals surface area contributed by atoms with Crippen LogP contribution in [0.15, 0.2) is 60.7 Å². The lowest BCUT2D eigenvalue weighted by molar-refractivity contribution is 0.217. The largest absolute Gasteiger partial charge is 0.323 e. The minimum Gasteiger partial charge on any atom is -0.320 e. The number of carbonyl (C=O) groups excluding carboxylic acids is 1. The second kappa shape index (κ2) is 6.45. The minimum atomic E-state index is -0.0857. The second-order valence-electron chi connectivity index (χ2n) is 5.71. The van der Waals surface area contributed by atoms with Gasteiger partial charge >= 0.3 is 6.03 Å². The summed E-state index contributed by atoms with van der Waals surface area (Å²) < 4.78 is 1.08. The van der Waals surface area contributed by atoms with Crippen molar-refractivity contribution in [3.8, 4) is 0 Å². The van der Waals surface area contributed by atoms with Gasteiger partial charge in [0.1, 0.15) is 0 Å². The highest BCUT2D eigenvalue weighted by molar-refractivity contribution is 7.22. The van der Waals surface area contributed by atoms with E-state index in [1.807, 2.05) is 47.4 Å². The Morgan fingerprint density at radius 2 is 1.88 bits per heavy atom. The SMILES string of the molecule is O=C(Nc1nc2ccccc2s1)N1CC=C(c2ccccc2)CC1. The van der Waals surface area contributed by atoms with E-state index in [1.54, 1.807) is 0 Å². The predicted octanol–water partition coefficient (Wildman–Crippen LogP) is 4.62. The summed E-state index contributed by atoms with van der Waals surface area (Å²) in [7, 11) is 0. The topological polar surface area (TPSA) is 45.2 Å². The number of benzene rings is 2. The highest BCUT2D eigenvalue weighted by atomic mass is 32.1. The van der Waals surface area contributed by atoms with E-state index in [1.165, 1.54) is 22.5 Å². The maximum atomic E-state index is 12.4.